The van der Waals surface area contributed by atoms with Crippen molar-refractivity contribution < 1.29 is 9.18 Å². The topological polar surface area (TPSA) is 45.8 Å². The van der Waals surface area contributed by atoms with Crippen LogP contribution in [0.2, 0.25) is 0 Å². The number of H-pyrrole nitrogens is 1. The van der Waals surface area contributed by atoms with Crippen molar-refractivity contribution in [1.82, 2.24) is 9.97 Å². The lowest BCUT2D eigenvalue weighted by Gasteiger charge is -1.93. The minimum absolute atomic E-state index is 0.122. The monoisotopic (exact) mass is 220 g/mol. The van der Waals surface area contributed by atoms with Crippen molar-refractivity contribution in [3.05, 3.63) is 29.3 Å². The number of rotatable bonds is 3. The van der Waals surface area contributed by atoms with Crippen LogP contribution in [0.15, 0.2) is 12.1 Å². The Bertz CT molecular complexity index is 506. The SMILES string of the molecule is CCC(=O)Cc1nc2cc(F)c(C)cc2[nH]1. The van der Waals surface area contributed by atoms with Crippen LogP contribution in [0.4, 0.5) is 4.39 Å². The summed E-state index contributed by atoms with van der Waals surface area (Å²) in [4.78, 5) is 18.5. The lowest BCUT2D eigenvalue weighted by molar-refractivity contribution is -0.118. The highest BCUT2D eigenvalue weighted by molar-refractivity contribution is 5.82. The zero-order chi connectivity index (χ0) is 11.7. The first-order valence-electron chi connectivity index (χ1n) is 5.26. The summed E-state index contributed by atoms with van der Waals surface area (Å²) in [5, 5.41) is 0. The van der Waals surface area contributed by atoms with Crippen LogP contribution in [0, 0.1) is 12.7 Å². The number of nitrogens with one attached hydrogen (secondary N) is 1. The number of carbonyl (C=O) groups excluding carboxylic acids is 1. The van der Waals surface area contributed by atoms with E-state index in [1.807, 2.05) is 6.92 Å². The van der Waals surface area contributed by atoms with Crippen molar-refractivity contribution in [2.24, 2.45) is 0 Å². The summed E-state index contributed by atoms with van der Waals surface area (Å²) in [6, 6.07) is 3.10. The van der Waals surface area contributed by atoms with Crippen LogP contribution < -0.4 is 0 Å². The van der Waals surface area contributed by atoms with Gasteiger partial charge in [-0.05, 0) is 18.6 Å². The van der Waals surface area contributed by atoms with Gasteiger partial charge in [0.15, 0.2) is 0 Å². The third kappa shape index (κ3) is 1.96. The molecule has 2 rings (SSSR count). The number of ketones is 1. The molecule has 0 saturated carbocycles. The zero-order valence-electron chi connectivity index (χ0n) is 9.30. The smallest absolute Gasteiger partial charge is 0.140 e. The second-order valence-corrected chi connectivity index (χ2v) is 3.87. The van der Waals surface area contributed by atoms with E-state index < -0.39 is 0 Å². The van der Waals surface area contributed by atoms with Gasteiger partial charge in [0.25, 0.3) is 0 Å². The van der Waals surface area contributed by atoms with Crippen LogP contribution in [0.3, 0.4) is 0 Å². The van der Waals surface area contributed by atoms with Gasteiger partial charge in [0.05, 0.1) is 17.5 Å². The summed E-state index contributed by atoms with van der Waals surface area (Å²) in [6.07, 6.45) is 0.774. The zero-order valence-corrected chi connectivity index (χ0v) is 9.30. The molecule has 0 fully saturated rings. The fraction of sp³-hybridized carbons (Fsp3) is 0.333. The van der Waals surface area contributed by atoms with Crippen LogP contribution >= 0.6 is 0 Å². The average molecular weight is 220 g/mol. The number of aromatic nitrogens is 2. The first-order valence-corrected chi connectivity index (χ1v) is 5.26. The van der Waals surface area contributed by atoms with E-state index in [4.69, 9.17) is 0 Å². The van der Waals surface area contributed by atoms with Crippen LogP contribution in [0.5, 0.6) is 0 Å². The Morgan fingerprint density at radius 2 is 2.25 bits per heavy atom. The largest absolute Gasteiger partial charge is 0.342 e. The van der Waals surface area contributed by atoms with E-state index in [0.29, 0.717) is 23.3 Å². The Labute approximate surface area is 92.7 Å². The summed E-state index contributed by atoms with van der Waals surface area (Å²) in [5.41, 5.74) is 1.92. The average Bonchev–Trinajstić information content (AvgIpc) is 2.60. The van der Waals surface area contributed by atoms with E-state index in [1.54, 1.807) is 13.0 Å². The van der Waals surface area contributed by atoms with Crippen LogP contribution in [-0.2, 0) is 11.2 Å². The molecule has 0 unspecified atom stereocenters. The summed E-state index contributed by atoms with van der Waals surface area (Å²) in [5.74, 6) is 0.454. The Morgan fingerprint density at radius 1 is 1.50 bits per heavy atom. The summed E-state index contributed by atoms with van der Waals surface area (Å²) in [6.45, 7) is 3.52. The van der Waals surface area contributed by atoms with Crippen molar-refractivity contribution in [1.29, 1.82) is 0 Å². The molecule has 0 aliphatic rings. The first kappa shape index (κ1) is 10.8. The highest BCUT2D eigenvalue weighted by Gasteiger charge is 2.08. The van der Waals surface area contributed by atoms with Gasteiger partial charge in [0.2, 0.25) is 0 Å². The molecule has 0 aliphatic heterocycles. The molecule has 0 aliphatic carbocycles. The van der Waals surface area contributed by atoms with Crippen LogP contribution in [0.1, 0.15) is 24.7 Å². The van der Waals surface area contributed by atoms with Gasteiger partial charge in [-0.1, -0.05) is 6.92 Å². The fourth-order valence-corrected chi connectivity index (χ4v) is 1.59. The number of imidazole rings is 1. The Kier molecular flexibility index (Phi) is 2.73. The molecular formula is C12H13FN2O. The van der Waals surface area contributed by atoms with Crippen LogP contribution in [-0.4, -0.2) is 15.8 Å². The molecule has 3 nitrogen and oxygen atoms in total. The molecule has 0 radical (unpaired) electrons. The van der Waals surface area contributed by atoms with Gasteiger partial charge in [-0.2, -0.15) is 0 Å². The third-order valence-corrected chi connectivity index (χ3v) is 2.57. The van der Waals surface area contributed by atoms with E-state index in [-0.39, 0.29) is 18.0 Å². The van der Waals surface area contributed by atoms with Crippen molar-refractivity contribution in [3.8, 4) is 0 Å². The summed E-state index contributed by atoms with van der Waals surface area (Å²) in [7, 11) is 0. The highest BCUT2D eigenvalue weighted by Crippen LogP contribution is 2.17. The maximum Gasteiger partial charge on any atom is 0.140 e. The Balaban J connectivity index is 2.40. The minimum atomic E-state index is -0.271. The number of benzene rings is 1. The number of fused-ring (bicyclic) bond motifs is 1. The van der Waals surface area contributed by atoms with Crippen LogP contribution in [0.25, 0.3) is 11.0 Å². The number of halogens is 1. The second kappa shape index (κ2) is 4.04. The normalized spacial score (nSPS) is 10.9. The van der Waals surface area contributed by atoms with E-state index in [1.165, 1.54) is 6.07 Å². The van der Waals surface area contributed by atoms with Gasteiger partial charge in [0, 0.05) is 12.5 Å². The van der Waals surface area contributed by atoms with Crippen molar-refractivity contribution >= 4 is 16.8 Å². The number of Topliss-reactive ketones (excluding diaryl/α,β-unsaturated/α-hetero) is 1. The summed E-state index contributed by atoms with van der Waals surface area (Å²) < 4.78 is 13.3. The highest BCUT2D eigenvalue weighted by atomic mass is 19.1. The number of nitrogens with zero attached hydrogens (tertiary/aromatic N) is 1. The third-order valence-electron chi connectivity index (χ3n) is 2.57. The molecule has 1 heterocycles. The molecule has 0 atom stereocenters. The van der Waals surface area contributed by atoms with Gasteiger partial charge in [-0.3, -0.25) is 4.79 Å². The lowest BCUT2D eigenvalue weighted by atomic mass is 10.2. The lowest BCUT2D eigenvalue weighted by Crippen LogP contribution is -2.01. The molecule has 0 saturated heterocycles. The van der Waals surface area contributed by atoms with E-state index >= 15 is 0 Å². The molecule has 2 aromatic rings. The molecule has 84 valence electrons. The standard InChI is InChI=1S/C12H13FN2O/c1-3-8(16)5-12-14-10-4-7(2)9(13)6-11(10)15-12/h4,6H,3,5H2,1-2H3,(H,14,15). The Hall–Kier alpha value is -1.71. The number of carbonyl (C=O) groups is 1. The molecule has 1 aromatic heterocycles. The predicted octanol–water partition coefficient (Wildman–Crippen LogP) is 2.53. The molecule has 1 N–H and O–H groups in total. The van der Waals surface area contributed by atoms with Crippen molar-refractivity contribution in [2.75, 3.05) is 0 Å². The number of hydrogen-bond acceptors (Lipinski definition) is 2. The maximum atomic E-state index is 13.3. The summed E-state index contributed by atoms with van der Waals surface area (Å²) >= 11 is 0. The van der Waals surface area contributed by atoms with Crippen molar-refractivity contribution in [3.63, 3.8) is 0 Å². The van der Waals surface area contributed by atoms with Gasteiger partial charge in [-0.15, -0.1) is 0 Å². The Morgan fingerprint density at radius 3 is 2.94 bits per heavy atom. The predicted molar refractivity (Wildman–Crippen MR) is 59.8 cm³/mol. The molecular weight excluding hydrogens is 207 g/mol. The molecule has 16 heavy (non-hydrogen) atoms. The van der Waals surface area contributed by atoms with Gasteiger partial charge < -0.3 is 4.98 Å². The maximum absolute atomic E-state index is 13.3. The van der Waals surface area contributed by atoms with E-state index in [0.717, 1.165) is 5.52 Å². The fourth-order valence-electron chi connectivity index (χ4n) is 1.59. The van der Waals surface area contributed by atoms with E-state index in [2.05, 4.69) is 9.97 Å². The van der Waals surface area contributed by atoms with Gasteiger partial charge >= 0.3 is 0 Å². The second-order valence-electron chi connectivity index (χ2n) is 3.87. The minimum Gasteiger partial charge on any atom is -0.342 e. The quantitative estimate of drug-likeness (QED) is 0.863. The number of aromatic amines is 1. The molecule has 4 heteroatoms. The van der Waals surface area contributed by atoms with Gasteiger partial charge in [-0.25, -0.2) is 9.37 Å². The molecule has 0 bridgehead atoms. The van der Waals surface area contributed by atoms with E-state index in [9.17, 15) is 9.18 Å². The molecule has 0 amide bonds. The molecule has 0 spiro atoms. The van der Waals surface area contributed by atoms with Gasteiger partial charge in [0.1, 0.15) is 17.4 Å². The number of aryl methyl sites for hydroxylation is 1. The number of hydrogen-bond donors (Lipinski definition) is 1. The van der Waals surface area contributed by atoms with Crippen molar-refractivity contribution in [2.45, 2.75) is 26.7 Å². The molecule has 1 aromatic carbocycles. The first-order chi connectivity index (χ1) is 7.60.